The van der Waals surface area contributed by atoms with E-state index in [4.69, 9.17) is 9.15 Å². The van der Waals surface area contributed by atoms with Gasteiger partial charge in [0.2, 0.25) is 10.0 Å². The number of rotatable bonds is 6. The summed E-state index contributed by atoms with van der Waals surface area (Å²) in [7, 11) is -3.61. The highest BCUT2D eigenvalue weighted by atomic mass is 32.2. The molecule has 0 bridgehead atoms. The third-order valence-corrected chi connectivity index (χ3v) is 5.87. The van der Waals surface area contributed by atoms with E-state index < -0.39 is 21.6 Å². The van der Waals surface area contributed by atoms with E-state index in [9.17, 15) is 23.1 Å². The molecule has 29 heavy (non-hydrogen) atoms. The molecule has 1 aromatic heterocycles. The Morgan fingerprint density at radius 3 is 2.52 bits per heavy atom. The maximum absolute atomic E-state index is 12.3. The molecule has 0 aliphatic carbocycles. The molecule has 8 nitrogen and oxygen atoms in total. The fourth-order valence-electron chi connectivity index (χ4n) is 2.81. The first kappa shape index (κ1) is 20.6. The van der Waals surface area contributed by atoms with Crippen LogP contribution in [0.15, 0.2) is 56.6 Å². The minimum absolute atomic E-state index is 0.0117. The van der Waals surface area contributed by atoms with Gasteiger partial charge in [-0.2, -0.15) is 0 Å². The molecule has 0 aliphatic heterocycles. The zero-order valence-electron chi connectivity index (χ0n) is 15.8. The van der Waals surface area contributed by atoms with Crippen molar-refractivity contribution in [2.75, 3.05) is 6.54 Å². The molecule has 0 atom stereocenters. The summed E-state index contributed by atoms with van der Waals surface area (Å²) in [6.45, 7) is 3.34. The lowest BCUT2D eigenvalue weighted by Gasteiger charge is -2.10. The van der Waals surface area contributed by atoms with Crippen LogP contribution in [0.2, 0.25) is 0 Å². The van der Waals surface area contributed by atoms with E-state index in [0.29, 0.717) is 16.5 Å². The number of hydrogen-bond donors (Lipinski definition) is 2. The number of esters is 1. The van der Waals surface area contributed by atoms with E-state index >= 15 is 0 Å². The number of benzene rings is 2. The van der Waals surface area contributed by atoms with Crippen molar-refractivity contribution >= 4 is 27.0 Å². The molecule has 0 fully saturated rings. The van der Waals surface area contributed by atoms with Gasteiger partial charge in [0.15, 0.2) is 0 Å². The first-order valence-corrected chi connectivity index (χ1v) is 10.2. The van der Waals surface area contributed by atoms with Crippen molar-refractivity contribution in [3.05, 3.63) is 69.6 Å². The van der Waals surface area contributed by atoms with Crippen molar-refractivity contribution in [1.82, 2.24) is 4.72 Å². The van der Waals surface area contributed by atoms with Crippen molar-refractivity contribution < 1.29 is 27.5 Å². The van der Waals surface area contributed by atoms with Crippen LogP contribution in [0.3, 0.4) is 0 Å². The quantitative estimate of drug-likeness (QED) is 0.466. The van der Waals surface area contributed by atoms with Gasteiger partial charge in [-0.1, -0.05) is 6.92 Å². The smallest absolute Gasteiger partial charge is 0.338 e. The van der Waals surface area contributed by atoms with Gasteiger partial charge in [0, 0.05) is 29.1 Å². The highest BCUT2D eigenvalue weighted by Gasteiger charge is 2.16. The van der Waals surface area contributed by atoms with E-state index in [1.54, 1.807) is 19.9 Å². The lowest BCUT2D eigenvalue weighted by molar-refractivity contribution is 0.0473. The fourth-order valence-corrected chi connectivity index (χ4v) is 3.85. The Morgan fingerprint density at radius 1 is 1.17 bits per heavy atom. The highest BCUT2D eigenvalue weighted by molar-refractivity contribution is 7.89. The second-order valence-electron chi connectivity index (χ2n) is 6.28. The number of fused-ring (bicyclic) bond motifs is 1. The molecule has 0 saturated heterocycles. The van der Waals surface area contributed by atoms with E-state index in [-0.39, 0.29) is 34.9 Å². The van der Waals surface area contributed by atoms with Gasteiger partial charge in [0.1, 0.15) is 17.9 Å². The van der Waals surface area contributed by atoms with E-state index in [0.717, 1.165) is 0 Å². The van der Waals surface area contributed by atoms with Crippen LogP contribution in [-0.2, 0) is 21.4 Å². The van der Waals surface area contributed by atoms with Gasteiger partial charge in [-0.3, -0.25) is 0 Å². The monoisotopic (exact) mass is 417 g/mol. The van der Waals surface area contributed by atoms with Crippen LogP contribution in [0.25, 0.3) is 11.0 Å². The molecular formula is C20H19NO7S. The number of aromatic hydroxyl groups is 1. The average Bonchev–Trinajstić information content (AvgIpc) is 2.69. The van der Waals surface area contributed by atoms with Crippen LogP contribution in [0.1, 0.15) is 28.4 Å². The van der Waals surface area contributed by atoms with Crippen molar-refractivity contribution in [2.45, 2.75) is 25.3 Å². The van der Waals surface area contributed by atoms with Crippen LogP contribution in [0, 0.1) is 6.92 Å². The van der Waals surface area contributed by atoms with Crippen LogP contribution >= 0.6 is 0 Å². The molecule has 0 radical (unpaired) electrons. The normalized spacial score (nSPS) is 11.5. The first-order valence-electron chi connectivity index (χ1n) is 8.75. The standard InChI is InChI=1S/C20H19NO7S/c1-3-21-29(25,26)15-6-4-13(5-7-15)20(24)27-11-14-10-18(23)28-19-12(2)17(22)9-8-16(14)19/h4-10,21-22H,3,11H2,1-2H3. The van der Waals surface area contributed by atoms with Gasteiger partial charge in [0.05, 0.1) is 10.5 Å². The number of phenols is 1. The second-order valence-corrected chi connectivity index (χ2v) is 8.05. The number of nitrogens with one attached hydrogen (secondary N) is 1. The van der Waals surface area contributed by atoms with Crippen LogP contribution in [0.5, 0.6) is 5.75 Å². The summed E-state index contributed by atoms with van der Waals surface area (Å²) in [5, 5.41) is 10.3. The van der Waals surface area contributed by atoms with Crippen molar-refractivity contribution in [1.29, 1.82) is 0 Å². The summed E-state index contributed by atoms with van der Waals surface area (Å²) < 4.78 is 36.7. The number of aryl methyl sites for hydroxylation is 1. The number of sulfonamides is 1. The van der Waals surface area contributed by atoms with Gasteiger partial charge >= 0.3 is 11.6 Å². The summed E-state index contributed by atoms with van der Waals surface area (Å²) in [6, 6.07) is 9.59. The summed E-state index contributed by atoms with van der Waals surface area (Å²) in [5.74, 6) is -0.684. The van der Waals surface area contributed by atoms with E-state index in [1.807, 2.05) is 0 Å². The van der Waals surface area contributed by atoms with Gasteiger partial charge in [0.25, 0.3) is 0 Å². The Morgan fingerprint density at radius 2 is 1.86 bits per heavy atom. The molecule has 0 aliphatic rings. The zero-order valence-corrected chi connectivity index (χ0v) is 16.6. The summed E-state index contributed by atoms with van der Waals surface area (Å²) in [4.78, 5) is 24.2. The Hall–Kier alpha value is -3.17. The number of ether oxygens (including phenoxy) is 1. The second kappa shape index (κ2) is 8.06. The van der Waals surface area contributed by atoms with E-state index in [1.165, 1.54) is 36.4 Å². The molecule has 0 amide bonds. The Kier molecular flexibility index (Phi) is 5.71. The summed E-state index contributed by atoms with van der Waals surface area (Å²) in [6.07, 6.45) is 0. The van der Waals surface area contributed by atoms with Crippen molar-refractivity contribution in [2.24, 2.45) is 0 Å². The maximum Gasteiger partial charge on any atom is 0.338 e. The number of carbonyl (C=O) groups excluding carboxylic acids is 1. The van der Waals surface area contributed by atoms with Gasteiger partial charge < -0.3 is 14.3 Å². The molecule has 3 rings (SSSR count). The average molecular weight is 417 g/mol. The SMILES string of the molecule is CCNS(=O)(=O)c1ccc(C(=O)OCc2cc(=O)oc3c(C)c(O)ccc23)cc1. The molecule has 0 unspecified atom stereocenters. The fraction of sp³-hybridized carbons (Fsp3) is 0.200. The largest absolute Gasteiger partial charge is 0.508 e. The predicted octanol–water partition coefficient (Wildman–Crippen LogP) is 2.46. The molecular weight excluding hydrogens is 398 g/mol. The topological polar surface area (TPSA) is 123 Å². The van der Waals surface area contributed by atoms with Crippen LogP contribution < -0.4 is 10.3 Å². The van der Waals surface area contributed by atoms with Crippen LogP contribution in [-0.4, -0.2) is 26.0 Å². The molecule has 2 aromatic carbocycles. The van der Waals surface area contributed by atoms with Crippen molar-refractivity contribution in [3.63, 3.8) is 0 Å². The Bertz CT molecular complexity index is 1230. The zero-order chi connectivity index (χ0) is 21.2. The number of hydrogen-bond acceptors (Lipinski definition) is 7. The minimum atomic E-state index is -3.61. The first-order chi connectivity index (χ1) is 13.7. The van der Waals surface area contributed by atoms with Crippen LogP contribution in [0.4, 0.5) is 0 Å². The minimum Gasteiger partial charge on any atom is -0.508 e. The molecule has 2 N–H and O–H groups in total. The third-order valence-electron chi connectivity index (χ3n) is 4.31. The van der Waals surface area contributed by atoms with Crippen molar-refractivity contribution in [3.8, 4) is 5.75 Å². The molecule has 3 aromatic rings. The Balaban J connectivity index is 1.81. The Labute approximate surface area is 166 Å². The molecule has 0 spiro atoms. The lowest BCUT2D eigenvalue weighted by atomic mass is 10.1. The summed E-state index contributed by atoms with van der Waals surface area (Å²) in [5.41, 5.74) is 0.600. The third kappa shape index (κ3) is 4.30. The molecule has 0 saturated carbocycles. The van der Waals surface area contributed by atoms with Gasteiger partial charge in [-0.15, -0.1) is 0 Å². The predicted molar refractivity (Wildman–Crippen MR) is 105 cm³/mol. The van der Waals surface area contributed by atoms with E-state index in [2.05, 4.69) is 4.72 Å². The lowest BCUT2D eigenvalue weighted by Crippen LogP contribution is -2.23. The summed E-state index contributed by atoms with van der Waals surface area (Å²) >= 11 is 0. The van der Waals surface area contributed by atoms with Gasteiger partial charge in [-0.05, 0) is 43.3 Å². The molecule has 1 heterocycles. The number of phenolic OH excluding ortho intramolecular Hbond substituents is 1. The molecule has 9 heteroatoms. The molecule has 152 valence electrons. The number of carbonyl (C=O) groups is 1. The maximum atomic E-state index is 12.3. The van der Waals surface area contributed by atoms with Gasteiger partial charge in [-0.25, -0.2) is 22.7 Å². The highest BCUT2D eigenvalue weighted by Crippen LogP contribution is 2.27.